The molecule has 0 aromatic carbocycles. The van der Waals surface area contributed by atoms with Crippen LogP contribution in [-0.2, 0) is 0 Å². The lowest BCUT2D eigenvalue weighted by atomic mass is 10.1. The molecule has 0 radical (unpaired) electrons. The predicted molar refractivity (Wildman–Crippen MR) is 44.0 cm³/mol. The van der Waals surface area contributed by atoms with Crippen molar-refractivity contribution in [3.8, 4) is 0 Å². The van der Waals surface area contributed by atoms with E-state index in [0.29, 0.717) is 0 Å². The zero-order valence-corrected chi connectivity index (χ0v) is 7.02. The third-order valence-corrected chi connectivity index (χ3v) is 2.38. The van der Waals surface area contributed by atoms with Crippen LogP contribution >= 0.6 is 22.9 Å². The van der Waals surface area contributed by atoms with Crippen molar-refractivity contribution in [2.75, 3.05) is 13.1 Å². The van der Waals surface area contributed by atoms with E-state index in [2.05, 4.69) is 32.6 Å². The second-order valence-electron chi connectivity index (χ2n) is 2.16. The fraction of sp³-hybridized carbons (Fsp3) is 0.667. The van der Waals surface area contributed by atoms with Crippen LogP contribution < -0.4 is 0 Å². The van der Waals surface area contributed by atoms with Gasteiger partial charge in [-0.2, -0.15) is 0 Å². The molecule has 46 valence electrons. The quantitative estimate of drug-likeness (QED) is 0.345. The maximum atomic E-state index is 3.92. The summed E-state index contributed by atoms with van der Waals surface area (Å²) < 4.78 is 2.31. The molecule has 0 atom stereocenters. The Bertz CT molecular complexity index is 90.7. The summed E-state index contributed by atoms with van der Waals surface area (Å²) in [6.07, 6.45) is 2.39. The lowest BCUT2D eigenvalue weighted by molar-refractivity contribution is 0.468. The van der Waals surface area contributed by atoms with Gasteiger partial charge in [0.1, 0.15) is 0 Å². The molecule has 0 aromatic rings. The van der Waals surface area contributed by atoms with Crippen LogP contribution in [0.2, 0.25) is 0 Å². The van der Waals surface area contributed by atoms with E-state index in [1.165, 1.54) is 31.5 Å². The van der Waals surface area contributed by atoms with Crippen molar-refractivity contribution >= 4 is 22.9 Å². The van der Waals surface area contributed by atoms with Crippen LogP contribution in [0.1, 0.15) is 12.8 Å². The molecule has 0 aliphatic carbocycles. The van der Waals surface area contributed by atoms with Gasteiger partial charge in [-0.15, -0.1) is 0 Å². The van der Waals surface area contributed by atoms with Crippen molar-refractivity contribution in [3.63, 3.8) is 0 Å². The first kappa shape index (κ1) is 6.55. The molecule has 1 aliphatic heterocycles. The predicted octanol–water partition coefficient (Wildman–Crippen LogP) is 1.99. The van der Waals surface area contributed by atoms with E-state index in [0.717, 1.165) is 0 Å². The van der Waals surface area contributed by atoms with Crippen LogP contribution in [0.15, 0.2) is 12.2 Å². The minimum Gasteiger partial charge on any atom is -0.247 e. The van der Waals surface area contributed by atoms with E-state index in [9.17, 15) is 0 Å². The summed E-state index contributed by atoms with van der Waals surface area (Å²) in [5.41, 5.74) is 1.41. The average molecular weight is 223 g/mol. The fourth-order valence-electron chi connectivity index (χ4n) is 0.796. The third kappa shape index (κ3) is 1.74. The van der Waals surface area contributed by atoms with E-state index in [1.54, 1.807) is 0 Å². The van der Waals surface area contributed by atoms with Crippen molar-refractivity contribution < 1.29 is 0 Å². The van der Waals surface area contributed by atoms with Crippen molar-refractivity contribution in [2.45, 2.75) is 12.8 Å². The Morgan fingerprint density at radius 2 is 1.88 bits per heavy atom. The Morgan fingerprint density at radius 1 is 1.38 bits per heavy atom. The Kier molecular flexibility index (Phi) is 2.31. The molecule has 1 nitrogen and oxygen atoms in total. The zero-order valence-electron chi connectivity index (χ0n) is 4.86. The summed E-state index contributed by atoms with van der Waals surface area (Å²) in [5.74, 6) is 0. The molecule has 1 heterocycles. The largest absolute Gasteiger partial charge is 0.247 e. The summed E-state index contributed by atoms with van der Waals surface area (Å²) in [5, 5.41) is 0. The highest BCUT2D eigenvalue weighted by Gasteiger charge is 2.07. The van der Waals surface area contributed by atoms with Crippen LogP contribution in [0.5, 0.6) is 0 Å². The first-order chi connectivity index (χ1) is 3.79. The van der Waals surface area contributed by atoms with Gasteiger partial charge in [0.15, 0.2) is 0 Å². The number of hydrogen-bond donors (Lipinski definition) is 0. The SMILES string of the molecule is C=C1CCN(I)CC1. The normalized spacial score (nSPS) is 23.9. The van der Waals surface area contributed by atoms with Gasteiger partial charge in [-0.25, -0.2) is 3.11 Å². The van der Waals surface area contributed by atoms with Gasteiger partial charge >= 0.3 is 0 Å². The standard InChI is InChI=1S/C6H10IN/c1-6-2-4-8(7)5-3-6/h1-5H2. The van der Waals surface area contributed by atoms with Crippen molar-refractivity contribution in [1.29, 1.82) is 0 Å². The molecule has 0 spiro atoms. The number of halogens is 1. The highest BCUT2D eigenvalue weighted by atomic mass is 127. The Hall–Kier alpha value is 0.430. The fourth-order valence-corrected chi connectivity index (χ4v) is 1.28. The molecule has 1 saturated heterocycles. The molecule has 1 rings (SSSR count). The van der Waals surface area contributed by atoms with Gasteiger partial charge in [-0.05, 0) is 12.8 Å². The maximum Gasteiger partial charge on any atom is 0.0201 e. The zero-order chi connectivity index (χ0) is 5.98. The Morgan fingerprint density at radius 3 is 2.25 bits per heavy atom. The van der Waals surface area contributed by atoms with Crippen LogP contribution in [0.25, 0.3) is 0 Å². The number of rotatable bonds is 0. The van der Waals surface area contributed by atoms with E-state index in [1.807, 2.05) is 0 Å². The van der Waals surface area contributed by atoms with E-state index in [4.69, 9.17) is 0 Å². The van der Waals surface area contributed by atoms with Gasteiger partial charge in [0, 0.05) is 36.0 Å². The second kappa shape index (κ2) is 2.82. The molecule has 0 unspecified atom stereocenters. The number of hydrogen-bond acceptors (Lipinski definition) is 1. The minimum atomic E-state index is 1.19. The van der Waals surface area contributed by atoms with E-state index in [-0.39, 0.29) is 0 Å². The molecule has 1 aliphatic rings. The van der Waals surface area contributed by atoms with Crippen molar-refractivity contribution in [1.82, 2.24) is 3.11 Å². The molecule has 0 N–H and O–H groups in total. The number of nitrogens with zero attached hydrogens (tertiary/aromatic N) is 1. The van der Waals surface area contributed by atoms with Crippen LogP contribution in [0, 0.1) is 0 Å². The molecular formula is C6H10IN. The van der Waals surface area contributed by atoms with Gasteiger partial charge in [0.25, 0.3) is 0 Å². The van der Waals surface area contributed by atoms with E-state index < -0.39 is 0 Å². The van der Waals surface area contributed by atoms with Gasteiger partial charge in [0.05, 0.1) is 0 Å². The molecule has 2 heteroatoms. The molecule has 0 amide bonds. The van der Waals surface area contributed by atoms with Gasteiger partial charge in [0.2, 0.25) is 0 Å². The first-order valence-electron chi connectivity index (χ1n) is 2.86. The topological polar surface area (TPSA) is 3.24 Å². The Balaban J connectivity index is 2.29. The smallest absolute Gasteiger partial charge is 0.0201 e. The first-order valence-corrected chi connectivity index (χ1v) is 3.83. The van der Waals surface area contributed by atoms with Gasteiger partial charge in [-0.1, -0.05) is 12.2 Å². The average Bonchev–Trinajstić information content (AvgIpc) is 1.77. The lowest BCUT2D eigenvalue weighted by Gasteiger charge is -2.20. The molecule has 1 fully saturated rings. The van der Waals surface area contributed by atoms with Crippen LogP contribution in [0.4, 0.5) is 0 Å². The lowest BCUT2D eigenvalue weighted by Crippen LogP contribution is -2.20. The molecular weight excluding hydrogens is 213 g/mol. The summed E-state index contributed by atoms with van der Waals surface area (Å²) in [7, 11) is 0. The monoisotopic (exact) mass is 223 g/mol. The molecule has 0 saturated carbocycles. The molecule has 8 heavy (non-hydrogen) atoms. The summed E-state index contributed by atoms with van der Waals surface area (Å²) in [6, 6.07) is 0. The van der Waals surface area contributed by atoms with E-state index >= 15 is 0 Å². The van der Waals surface area contributed by atoms with Crippen LogP contribution in [-0.4, -0.2) is 16.2 Å². The summed E-state index contributed by atoms with van der Waals surface area (Å²) in [6.45, 7) is 6.31. The van der Waals surface area contributed by atoms with Crippen molar-refractivity contribution in [2.24, 2.45) is 0 Å². The van der Waals surface area contributed by atoms with Crippen molar-refractivity contribution in [3.05, 3.63) is 12.2 Å². The highest BCUT2D eigenvalue weighted by molar-refractivity contribution is 14.1. The Labute approximate surface area is 64.2 Å². The van der Waals surface area contributed by atoms with Crippen LogP contribution in [0.3, 0.4) is 0 Å². The van der Waals surface area contributed by atoms with Gasteiger partial charge in [-0.3, -0.25) is 0 Å². The minimum absolute atomic E-state index is 1.19. The highest BCUT2D eigenvalue weighted by Crippen LogP contribution is 2.15. The summed E-state index contributed by atoms with van der Waals surface area (Å²) in [4.78, 5) is 0. The van der Waals surface area contributed by atoms with Gasteiger partial charge < -0.3 is 0 Å². The third-order valence-electron chi connectivity index (χ3n) is 1.42. The number of piperidine rings is 1. The molecule has 0 bridgehead atoms. The maximum absolute atomic E-state index is 3.92. The summed E-state index contributed by atoms with van der Waals surface area (Å²) >= 11 is 2.36. The second-order valence-corrected chi connectivity index (χ2v) is 3.52. The molecule has 0 aromatic heterocycles.